The molecule has 1 heterocycles. The van der Waals surface area contributed by atoms with E-state index in [1.807, 2.05) is 4.90 Å². The molecule has 1 fully saturated rings. The molecule has 0 aliphatic carbocycles. The second-order valence-corrected chi connectivity index (χ2v) is 8.34. The zero-order valence-corrected chi connectivity index (χ0v) is 15.3. The Morgan fingerprint density at radius 3 is 2.33 bits per heavy atom. The van der Waals surface area contributed by atoms with E-state index in [0.29, 0.717) is 17.6 Å². The zero-order valence-electron chi connectivity index (χ0n) is 14.5. The van der Waals surface area contributed by atoms with E-state index in [4.69, 9.17) is 4.74 Å². The number of likely N-dealkylation sites (tertiary alicyclic amines) is 1. The molecule has 1 aliphatic rings. The van der Waals surface area contributed by atoms with Crippen LogP contribution in [0.5, 0.6) is 5.75 Å². The first-order chi connectivity index (χ1) is 11.3. The van der Waals surface area contributed by atoms with E-state index < -0.39 is 10.0 Å². The van der Waals surface area contributed by atoms with Crippen LogP contribution in [0.3, 0.4) is 0 Å². The van der Waals surface area contributed by atoms with Crippen LogP contribution in [0.25, 0.3) is 0 Å². The lowest BCUT2D eigenvalue weighted by atomic mass is 9.92. The van der Waals surface area contributed by atoms with Gasteiger partial charge < -0.3 is 9.64 Å². The van der Waals surface area contributed by atoms with Crippen molar-refractivity contribution in [2.75, 3.05) is 26.7 Å². The molecular weight excluding hydrogens is 328 g/mol. The lowest BCUT2D eigenvalue weighted by Gasteiger charge is -2.35. The van der Waals surface area contributed by atoms with Gasteiger partial charge in [0.25, 0.3) is 0 Å². The maximum Gasteiger partial charge on any atom is 0.240 e. The molecule has 2 atom stereocenters. The predicted octanol–water partition coefficient (Wildman–Crippen LogP) is 1.87. The van der Waals surface area contributed by atoms with Crippen LogP contribution in [0.4, 0.5) is 0 Å². The molecule has 0 radical (unpaired) electrons. The number of piperidine rings is 1. The van der Waals surface area contributed by atoms with Crippen molar-refractivity contribution >= 4 is 15.9 Å². The molecule has 134 valence electrons. The third-order valence-electron chi connectivity index (χ3n) is 4.22. The Hall–Kier alpha value is -1.60. The van der Waals surface area contributed by atoms with Crippen LogP contribution >= 0.6 is 0 Å². The molecule has 0 bridgehead atoms. The van der Waals surface area contributed by atoms with Crippen molar-refractivity contribution in [3.63, 3.8) is 0 Å². The Balaban J connectivity index is 1.86. The third-order valence-corrected chi connectivity index (χ3v) is 5.70. The normalized spacial score (nSPS) is 21.5. The van der Waals surface area contributed by atoms with Gasteiger partial charge in [0.05, 0.1) is 12.0 Å². The van der Waals surface area contributed by atoms with Gasteiger partial charge in [0.1, 0.15) is 5.75 Å². The summed E-state index contributed by atoms with van der Waals surface area (Å²) in [4.78, 5) is 14.3. The Morgan fingerprint density at radius 2 is 1.79 bits per heavy atom. The van der Waals surface area contributed by atoms with E-state index >= 15 is 0 Å². The van der Waals surface area contributed by atoms with Crippen molar-refractivity contribution in [2.24, 2.45) is 11.8 Å². The molecule has 1 aromatic rings. The SMILES string of the molecule is COc1ccc(S(=O)(=O)NCCC(=O)N2C[C@H](C)C[C@@H](C)C2)cc1. The summed E-state index contributed by atoms with van der Waals surface area (Å²) in [6.45, 7) is 5.90. The molecule has 0 spiro atoms. The van der Waals surface area contributed by atoms with Crippen molar-refractivity contribution in [1.29, 1.82) is 0 Å². The van der Waals surface area contributed by atoms with Crippen LogP contribution < -0.4 is 9.46 Å². The van der Waals surface area contributed by atoms with Gasteiger partial charge in [-0.05, 0) is 42.5 Å². The Morgan fingerprint density at radius 1 is 1.21 bits per heavy atom. The van der Waals surface area contributed by atoms with Gasteiger partial charge in [0.15, 0.2) is 0 Å². The molecule has 24 heavy (non-hydrogen) atoms. The number of hydrogen-bond donors (Lipinski definition) is 1. The topological polar surface area (TPSA) is 75.7 Å². The summed E-state index contributed by atoms with van der Waals surface area (Å²) in [5, 5.41) is 0. The fourth-order valence-corrected chi connectivity index (χ4v) is 4.19. The number of sulfonamides is 1. The molecule has 1 amide bonds. The fourth-order valence-electron chi connectivity index (χ4n) is 3.16. The molecular formula is C17H26N2O4S. The average molecular weight is 354 g/mol. The summed E-state index contributed by atoms with van der Waals surface area (Å²) in [5.41, 5.74) is 0. The van der Waals surface area contributed by atoms with E-state index in [1.54, 1.807) is 12.1 Å². The summed E-state index contributed by atoms with van der Waals surface area (Å²) in [5.74, 6) is 1.59. The Bertz CT molecular complexity index is 648. The highest BCUT2D eigenvalue weighted by Gasteiger charge is 2.25. The van der Waals surface area contributed by atoms with Crippen LogP contribution in [0.1, 0.15) is 26.7 Å². The molecule has 6 nitrogen and oxygen atoms in total. The van der Waals surface area contributed by atoms with Crippen LogP contribution in [0.15, 0.2) is 29.2 Å². The zero-order chi connectivity index (χ0) is 17.7. The lowest BCUT2D eigenvalue weighted by Crippen LogP contribution is -2.43. The van der Waals surface area contributed by atoms with E-state index in [1.165, 1.54) is 19.2 Å². The van der Waals surface area contributed by atoms with Gasteiger partial charge in [-0.1, -0.05) is 13.8 Å². The number of ether oxygens (including phenoxy) is 1. The summed E-state index contributed by atoms with van der Waals surface area (Å²) in [6, 6.07) is 6.15. The minimum Gasteiger partial charge on any atom is -0.497 e. The summed E-state index contributed by atoms with van der Waals surface area (Å²) >= 11 is 0. The minimum atomic E-state index is -3.61. The first-order valence-electron chi connectivity index (χ1n) is 8.23. The van der Waals surface area contributed by atoms with Gasteiger partial charge in [0.2, 0.25) is 15.9 Å². The highest BCUT2D eigenvalue weighted by molar-refractivity contribution is 7.89. The monoisotopic (exact) mass is 354 g/mol. The summed E-state index contributed by atoms with van der Waals surface area (Å²) in [7, 11) is -2.09. The second-order valence-electron chi connectivity index (χ2n) is 6.57. The van der Waals surface area contributed by atoms with E-state index in [0.717, 1.165) is 19.5 Å². The van der Waals surface area contributed by atoms with Gasteiger partial charge in [0, 0.05) is 26.1 Å². The minimum absolute atomic E-state index is 0.00540. The summed E-state index contributed by atoms with van der Waals surface area (Å²) in [6.07, 6.45) is 1.31. The summed E-state index contributed by atoms with van der Waals surface area (Å²) < 4.78 is 31.9. The van der Waals surface area contributed by atoms with Crippen molar-refractivity contribution in [3.05, 3.63) is 24.3 Å². The van der Waals surface area contributed by atoms with Crippen LogP contribution in [0, 0.1) is 11.8 Å². The molecule has 1 aliphatic heterocycles. The number of nitrogens with zero attached hydrogens (tertiary/aromatic N) is 1. The van der Waals surface area contributed by atoms with E-state index in [9.17, 15) is 13.2 Å². The predicted molar refractivity (Wildman–Crippen MR) is 92.3 cm³/mol. The molecule has 1 saturated heterocycles. The van der Waals surface area contributed by atoms with E-state index in [-0.39, 0.29) is 23.8 Å². The average Bonchev–Trinajstić information content (AvgIpc) is 2.53. The molecule has 1 aromatic carbocycles. The van der Waals surface area contributed by atoms with Crippen molar-refractivity contribution in [1.82, 2.24) is 9.62 Å². The highest BCUT2D eigenvalue weighted by atomic mass is 32.2. The smallest absolute Gasteiger partial charge is 0.240 e. The fraction of sp³-hybridized carbons (Fsp3) is 0.588. The van der Waals surface area contributed by atoms with Crippen LogP contribution in [-0.2, 0) is 14.8 Å². The van der Waals surface area contributed by atoms with Gasteiger partial charge in [-0.25, -0.2) is 13.1 Å². The van der Waals surface area contributed by atoms with Crippen LogP contribution in [0.2, 0.25) is 0 Å². The number of methoxy groups -OCH3 is 1. The molecule has 2 rings (SSSR count). The Labute approximate surface area is 144 Å². The quantitative estimate of drug-likeness (QED) is 0.846. The van der Waals surface area contributed by atoms with Gasteiger partial charge >= 0.3 is 0 Å². The second kappa shape index (κ2) is 7.98. The number of benzene rings is 1. The van der Waals surface area contributed by atoms with Crippen molar-refractivity contribution in [3.8, 4) is 5.75 Å². The molecule has 0 aromatic heterocycles. The molecule has 0 unspecified atom stereocenters. The molecule has 1 N–H and O–H groups in total. The van der Waals surface area contributed by atoms with Crippen LogP contribution in [-0.4, -0.2) is 46.0 Å². The Kier molecular flexibility index (Phi) is 6.23. The van der Waals surface area contributed by atoms with Crippen molar-refractivity contribution in [2.45, 2.75) is 31.6 Å². The van der Waals surface area contributed by atoms with E-state index in [2.05, 4.69) is 18.6 Å². The lowest BCUT2D eigenvalue weighted by molar-refractivity contribution is -0.133. The van der Waals surface area contributed by atoms with Gasteiger partial charge in [-0.2, -0.15) is 0 Å². The molecule has 7 heteroatoms. The number of hydrogen-bond acceptors (Lipinski definition) is 4. The van der Waals surface area contributed by atoms with Crippen molar-refractivity contribution < 1.29 is 17.9 Å². The largest absolute Gasteiger partial charge is 0.497 e. The first kappa shape index (κ1) is 18.7. The first-order valence-corrected chi connectivity index (χ1v) is 9.71. The maximum atomic E-state index is 12.3. The number of nitrogens with one attached hydrogen (secondary N) is 1. The number of amides is 1. The number of carbonyl (C=O) groups is 1. The maximum absolute atomic E-state index is 12.3. The standard InChI is InChI=1S/C17H26N2O4S/c1-13-10-14(2)12-19(11-13)17(20)8-9-18-24(21,22)16-6-4-15(23-3)5-7-16/h4-7,13-14,18H,8-12H2,1-3H3/t13-,14-/m1/s1. The number of rotatable bonds is 6. The number of carbonyl (C=O) groups excluding carboxylic acids is 1. The highest BCUT2D eigenvalue weighted by Crippen LogP contribution is 2.21. The molecule has 0 saturated carbocycles. The van der Waals surface area contributed by atoms with Gasteiger partial charge in [-0.15, -0.1) is 0 Å². The van der Waals surface area contributed by atoms with Gasteiger partial charge in [-0.3, -0.25) is 4.79 Å². The third kappa shape index (κ3) is 4.95.